The number of aryl methyl sites for hydroxylation is 2. The van der Waals surface area contributed by atoms with E-state index in [0.717, 1.165) is 34.0 Å². The van der Waals surface area contributed by atoms with Crippen molar-refractivity contribution in [1.29, 1.82) is 0 Å². The van der Waals surface area contributed by atoms with Gasteiger partial charge >= 0.3 is 0 Å². The van der Waals surface area contributed by atoms with Crippen molar-refractivity contribution in [2.24, 2.45) is 0 Å². The molecule has 0 radical (unpaired) electrons. The first-order valence-corrected chi connectivity index (χ1v) is 9.80. The number of amides is 1. The van der Waals surface area contributed by atoms with Gasteiger partial charge in [0.15, 0.2) is 0 Å². The molecule has 1 amide bonds. The number of benzene rings is 2. The first-order valence-electron chi connectivity index (χ1n) is 9.00. The Bertz CT molecular complexity index is 1070. The van der Waals surface area contributed by atoms with Crippen LogP contribution in [0.25, 0.3) is 10.9 Å². The van der Waals surface area contributed by atoms with Crippen molar-refractivity contribution in [2.75, 3.05) is 0 Å². The minimum Gasteiger partial charge on any atom is -0.347 e. The van der Waals surface area contributed by atoms with Gasteiger partial charge in [0.1, 0.15) is 0 Å². The van der Waals surface area contributed by atoms with Crippen molar-refractivity contribution >= 4 is 32.7 Å². The van der Waals surface area contributed by atoms with Crippen LogP contribution >= 0.6 is 15.9 Å². The largest absolute Gasteiger partial charge is 0.347 e. The summed E-state index contributed by atoms with van der Waals surface area (Å²) in [6.07, 6.45) is 3.66. The Labute approximate surface area is 165 Å². The molecule has 3 aromatic rings. The summed E-state index contributed by atoms with van der Waals surface area (Å²) in [5, 5.41) is 3.74. The van der Waals surface area contributed by atoms with Gasteiger partial charge in [-0.2, -0.15) is 0 Å². The van der Waals surface area contributed by atoms with Crippen molar-refractivity contribution in [2.45, 2.75) is 38.3 Å². The highest BCUT2D eigenvalue weighted by molar-refractivity contribution is 9.10. The van der Waals surface area contributed by atoms with Crippen LogP contribution in [0.5, 0.6) is 0 Å². The van der Waals surface area contributed by atoms with E-state index in [1.165, 1.54) is 10.9 Å². The average molecular weight is 426 g/mol. The molecule has 0 bridgehead atoms. The van der Waals surface area contributed by atoms with E-state index in [1.807, 2.05) is 43.3 Å². The average Bonchev–Trinajstić information content (AvgIpc) is 3.43. The zero-order valence-electron chi connectivity index (χ0n) is 15.0. The molecule has 1 heterocycles. The summed E-state index contributed by atoms with van der Waals surface area (Å²) in [7, 11) is 0. The van der Waals surface area contributed by atoms with Crippen molar-refractivity contribution in [3.63, 3.8) is 0 Å². The lowest BCUT2D eigenvalue weighted by atomic mass is 10.0. The minimum absolute atomic E-state index is 0.0494. The monoisotopic (exact) mass is 425 g/mol. The number of nitrogens with zero attached hydrogens (tertiary/aromatic N) is 2. The Kier molecular flexibility index (Phi) is 4.60. The zero-order chi connectivity index (χ0) is 19.0. The lowest BCUT2D eigenvalue weighted by molar-refractivity contribution is -0.122. The van der Waals surface area contributed by atoms with E-state index in [1.54, 1.807) is 6.07 Å². The number of rotatable bonds is 5. The van der Waals surface area contributed by atoms with Gasteiger partial charge in [-0.1, -0.05) is 40.2 Å². The highest BCUT2D eigenvalue weighted by atomic mass is 79.9. The molecule has 2 aromatic carbocycles. The van der Waals surface area contributed by atoms with Gasteiger partial charge < -0.3 is 5.32 Å². The Hall–Kier alpha value is -2.47. The van der Waals surface area contributed by atoms with Crippen molar-refractivity contribution < 1.29 is 4.79 Å². The number of aromatic nitrogens is 2. The number of nitrogens with one attached hydrogen (secondary N) is 1. The van der Waals surface area contributed by atoms with Gasteiger partial charge in [0.05, 0.1) is 22.8 Å². The fourth-order valence-electron chi connectivity index (χ4n) is 3.43. The van der Waals surface area contributed by atoms with Crippen LogP contribution in [0, 0.1) is 6.92 Å². The molecule has 0 spiro atoms. The summed E-state index contributed by atoms with van der Waals surface area (Å²) in [5.74, 6) is -0.0494. The topological polar surface area (TPSA) is 64.0 Å². The summed E-state index contributed by atoms with van der Waals surface area (Å²) in [6, 6.07) is 13.6. The van der Waals surface area contributed by atoms with E-state index >= 15 is 0 Å². The smallest absolute Gasteiger partial charge is 0.261 e. The number of carbonyl (C=O) groups excluding carboxylic acids is 1. The van der Waals surface area contributed by atoms with E-state index in [4.69, 9.17) is 0 Å². The van der Waals surface area contributed by atoms with Crippen LogP contribution < -0.4 is 10.9 Å². The first kappa shape index (κ1) is 17.9. The molecule has 6 heteroatoms. The van der Waals surface area contributed by atoms with Gasteiger partial charge in [-0.05, 0) is 49.1 Å². The molecule has 4 rings (SSSR count). The standard InChI is InChI=1S/C21H20BrN3O2/c1-14-3-2-4-17-19(14)23-13-25(20(17)27)12-9-18(26)24-21(10-11-21)15-5-7-16(22)8-6-15/h2-8,13H,9-12H2,1H3,(H,24,26). The van der Waals surface area contributed by atoms with Crippen LogP contribution in [-0.2, 0) is 16.9 Å². The molecule has 1 aliphatic carbocycles. The maximum absolute atomic E-state index is 12.6. The van der Waals surface area contributed by atoms with Crippen LogP contribution in [0.2, 0.25) is 0 Å². The number of hydrogen-bond acceptors (Lipinski definition) is 3. The van der Waals surface area contributed by atoms with E-state index < -0.39 is 0 Å². The molecule has 138 valence electrons. The van der Waals surface area contributed by atoms with Gasteiger partial charge in [0.25, 0.3) is 5.56 Å². The second kappa shape index (κ2) is 6.93. The minimum atomic E-state index is -0.249. The molecule has 0 aliphatic heterocycles. The van der Waals surface area contributed by atoms with E-state index in [0.29, 0.717) is 11.9 Å². The van der Waals surface area contributed by atoms with E-state index in [2.05, 4.69) is 26.2 Å². The van der Waals surface area contributed by atoms with Gasteiger partial charge in [-0.15, -0.1) is 0 Å². The lowest BCUT2D eigenvalue weighted by Crippen LogP contribution is -2.36. The molecule has 1 aromatic heterocycles. The van der Waals surface area contributed by atoms with Crippen LogP contribution in [0.15, 0.2) is 58.1 Å². The molecule has 1 fully saturated rings. The predicted molar refractivity (Wildman–Crippen MR) is 109 cm³/mol. The summed E-state index contributed by atoms with van der Waals surface area (Å²) in [4.78, 5) is 29.5. The molecule has 0 saturated heterocycles. The van der Waals surface area contributed by atoms with E-state index in [9.17, 15) is 9.59 Å². The first-order chi connectivity index (χ1) is 13.0. The van der Waals surface area contributed by atoms with Crippen molar-refractivity contribution in [3.05, 3.63) is 74.7 Å². The van der Waals surface area contributed by atoms with Gasteiger partial charge in [0, 0.05) is 17.4 Å². The number of hydrogen-bond donors (Lipinski definition) is 1. The molecule has 1 saturated carbocycles. The van der Waals surface area contributed by atoms with Gasteiger partial charge in [-0.3, -0.25) is 14.2 Å². The molecule has 0 atom stereocenters. The molecule has 1 N–H and O–H groups in total. The number of carbonyl (C=O) groups is 1. The SMILES string of the molecule is Cc1cccc2c(=O)n(CCC(=O)NC3(c4ccc(Br)cc4)CC3)cnc12. The van der Waals surface area contributed by atoms with Crippen molar-refractivity contribution in [3.8, 4) is 0 Å². The van der Waals surface area contributed by atoms with Crippen LogP contribution in [0.4, 0.5) is 0 Å². The Morgan fingerprint density at radius 2 is 1.96 bits per heavy atom. The normalized spacial score (nSPS) is 14.9. The molecule has 5 nitrogen and oxygen atoms in total. The summed E-state index contributed by atoms with van der Waals surface area (Å²) >= 11 is 3.44. The quantitative estimate of drug-likeness (QED) is 0.678. The fourth-order valence-corrected chi connectivity index (χ4v) is 3.69. The summed E-state index contributed by atoms with van der Waals surface area (Å²) in [5.41, 5.74) is 2.46. The third-order valence-electron chi connectivity index (χ3n) is 5.16. The highest BCUT2D eigenvalue weighted by Gasteiger charge is 2.45. The molecule has 27 heavy (non-hydrogen) atoms. The third kappa shape index (κ3) is 3.54. The van der Waals surface area contributed by atoms with Gasteiger partial charge in [-0.25, -0.2) is 4.98 Å². The Balaban J connectivity index is 1.45. The second-order valence-electron chi connectivity index (χ2n) is 7.10. The third-order valence-corrected chi connectivity index (χ3v) is 5.69. The second-order valence-corrected chi connectivity index (χ2v) is 8.02. The number of fused-ring (bicyclic) bond motifs is 1. The van der Waals surface area contributed by atoms with Gasteiger partial charge in [0.2, 0.25) is 5.91 Å². The van der Waals surface area contributed by atoms with Crippen molar-refractivity contribution in [1.82, 2.24) is 14.9 Å². The van der Waals surface area contributed by atoms with Crippen LogP contribution in [0.1, 0.15) is 30.4 Å². The molecule has 1 aliphatic rings. The maximum atomic E-state index is 12.6. The van der Waals surface area contributed by atoms with Crippen LogP contribution in [-0.4, -0.2) is 15.5 Å². The fraction of sp³-hybridized carbons (Fsp3) is 0.286. The molecule has 0 unspecified atom stereocenters. The van der Waals surface area contributed by atoms with Crippen LogP contribution in [0.3, 0.4) is 0 Å². The predicted octanol–water partition coefficient (Wildman–Crippen LogP) is 3.66. The highest BCUT2D eigenvalue weighted by Crippen LogP contribution is 2.45. The number of para-hydroxylation sites is 1. The summed E-state index contributed by atoms with van der Waals surface area (Å²) in [6.45, 7) is 2.25. The zero-order valence-corrected chi connectivity index (χ0v) is 16.6. The Morgan fingerprint density at radius 3 is 2.67 bits per heavy atom. The lowest BCUT2D eigenvalue weighted by Gasteiger charge is -2.18. The Morgan fingerprint density at radius 1 is 1.22 bits per heavy atom. The number of halogens is 1. The summed E-state index contributed by atoms with van der Waals surface area (Å²) < 4.78 is 2.53. The van der Waals surface area contributed by atoms with E-state index in [-0.39, 0.29) is 23.4 Å². The maximum Gasteiger partial charge on any atom is 0.261 e. The molecular formula is C21H20BrN3O2. The molecular weight excluding hydrogens is 406 g/mol.